The highest BCUT2D eigenvalue weighted by atomic mass is 32.1. The van der Waals surface area contributed by atoms with E-state index < -0.39 is 5.97 Å². The first-order chi connectivity index (χ1) is 11.7. The van der Waals surface area contributed by atoms with Gasteiger partial charge in [-0.2, -0.15) is 0 Å². The largest absolute Gasteiger partial charge is 0.483 e. The van der Waals surface area contributed by atoms with Gasteiger partial charge in [0.15, 0.2) is 6.61 Å². The normalized spacial score (nSPS) is 13.0. The molecule has 0 radical (unpaired) electrons. The molecule has 0 saturated heterocycles. The van der Waals surface area contributed by atoms with Crippen molar-refractivity contribution in [2.45, 2.75) is 25.7 Å². The Balaban J connectivity index is 1.63. The number of hydrogen-bond donors (Lipinski definition) is 1. The summed E-state index contributed by atoms with van der Waals surface area (Å²) in [6.07, 6.45) is 5.84. The van der Waals surface area contributed by atoms with Crippen LogP contribution in [0.1, 0.15) is 34.5 Å². The van der Waals surface area contributed by atoms with E-state index in [9.17, 15) is 9.59 Å². The molecule has 1 aliphatic rings. The maximum atomic E-state index is 12.1. The molecule has 126 valence electrons. The number of amides is 1. The Morgan fingerprint density at radius 2 is 2.12 bits per heavy atom. The lowest BCUT2D eigenvalue weighted by Gasteiger charge is -2.18. The number of pyridine rings is 1. The van der Waals surface area contributed by atoms with E-state index in [-0.39, 0.29) is 12.5 Å². The quantitative estimate of drug-likeness (QED) is 0.843. The summed E-state index contributed by atoms with van der Waals surface area (Å²) >= 11 is 1.27. The molecule has 0 bridgehead atoms. The average Bonchev–Trinajstić information content (AvgIpc) is 3.07. The SMILES string of the molecule is COC(=O)c1ccsc1NC(=O)COc1ccnc2c1CCCC2. The molecule has 0 unspecified atom stereocenters. The molecule has 1 N–H and O–H groups in total. The maximum Gasteiger partial charge on any atom is 0.340 e. The molecule has 0 spiro atoms. The van der Waals surface area contributed by atoms with Crippen LogP contribution >= 0.6 is 11.3 Å². The summed E-state index contributed by atoms with van der Waals surface area (Å²) in [6, 6.07) is 3.41. The fraction of sp³-hybridized carbons (Fsp3) is 0.353. The molecular formula is C17H18N2O4S. The third-order valence-corrected chi connectivity index (χ3v) is 4.70. The van der Waals surface area contributed by atoms with E-state index in [0.717, 1.165) is 36.9 Å². The van der Waals surface area contributed by atoms with E-state index in [1.165, 1.54) is 18.4 Å². The van der Waals surface area contributed by atoms with Gasteiger partial charge in [0, 0.05) is 17.5 Å². The van der Waals surface area contributed by atoms with Gasteiger partial charge in [-0.15, -0.1) is 11.3 Å². The Kier molecular flexibility index (Phi) is 5.10. The first-order valence-corrected chi connectivity index (χ1v) is 8.62. The van der Waals surface area contributed by atoms with Crippen LogP contribution in [-0.2, 0) is 22.4 Å². The van der Waals surface area contributed by atoms with E-state index in [1.54, 1.807) is 23.7 Å². The number of carbonyl (C=O) groups is 2. The fourth-order valence-electron chi connectivity index (χ4n) is 2.71. The van der Waals surface area contributed by atoms with Crippen molar-refractivity contribution in [3.63, 3.8) is 0 Å². The Hall–Kier alpha value is -2.41. The summed E-state index contributed by atoms with van der Waals surface area (Å²) in [7, 11) is 1.31. The summed E-state index contributed by atoms with van der Waals surface area (Å²) in [4.78, 5) is 28.1. The smallest absolute Gasteiger partial charge is 0.340 e. The van der Waals surface area contributed by atoms with Crippen molar-refractivity contribution in [3.8, 4) is 5.75 Å². The lowest BCUT2D eigenvalue weighted by Crippen LogP contribution is -2.21. The van der Waals surface area contributed by atoms with E-state index >= 15 is 0 Å². The van der Waals surface area contributed by atoms with Gasteiger partial charge in [-0.1, -0.05) is 0 Å². The van der Waals surface area contributed by atoms with Crippen LogP contribution in [-0.4, -0.2) is 30.6 Å². The highest BCUT2D eigenvalue weighted by molar-refractivity contribution is 7.14. The van der Waals surface area contributed by atoms with Gasteiger partial charge in [-0.3, -0.25) is 9.78 Å². The predicted molar refractivity (Wildman–Crippen MR) is 90.7 cm³/mol. The van der Waals surface area contributed by atoms with E-state index in [1.807, 2.05) is 0 Å². The fourth-order valence-corrected chi connectivity index (χ4v) is 3.50. The number of aryl methyl sites for hydroxylation is 1. The Labute approximate surface area is 143 Å². The van der Waals surface area contributed by atoms with Crippen molar-refractivity contribution >= 4 is 28.2 Å². The van der Waals surface area contributed by atoms with Crippen LogP contribution in [0.4, 0.5) is 5.00 Å². The molecule has 0 aromatic carbocycles. The number of carbonyl (C=O) groups excluding carboxylic acids is 2. The minimum Gasteiger partial charge on any atom is -0.483 e. The summed E-state index contributed by atoms with van der Waals surface area (Å²) in [5.41, 5.74) is 2.51. The number of rotatable bonds is 5. The number of methoxy groups -OCH3 is 1. The topological polar surface area (TPSA) is 77.5 Å². The first-order valence-electron chi connectivity index (χ1n) is 7.74. The maximum absolute atomic E-state index is 12.1. The zero-order valence-electron chi connectivity index (χ0n) is 13.3. The number of anilines is 1. The second-order valence-corrected chi connectivity index (χ2v) is 6.35. The number of fused-ring (bicyclic) bond motifs is 1. The van der Waals surface area contributed by atoms with Crippen LogP contribution in [0.15, 0.2) is 23.7 Å². The third-order valence-electron chi connectivity index (χ3n) is 3.87. The highest BCUT2D eigenvalue weighted by Gasteiger charge is 2.18. The second kappa shape index (κ2) is 7.44. The molecule has 6 nitrogen and oxygen atoms in total. The molecule has 3 rings (SSSR count). The molecule has 0 saturated carbocycles. The number of ether oxygens (including phenoxy) is 2. The number of hydrogen-bond acceptors (Lipinski definition) is 6. The minimum absolute atomic E-state index is 0.116. The van der Waals surface area contributed by atoms with Gasteiger partial charge in [0.05, 0.1) is 12.7 Å². The second-order valence-electron chi connectivity index (χ2n) is 5.43. The number of esters is 1. The average molecular weight is 346 g/mol. The van der Waals surface area contributed by atoms with Gasteiger partial charge >= 0.3 is 5.97 Å². The molecule has 24 heavy (non-hydrogen) atoms. The van der Waals surface area contributed by atoms with Gasteiger partial charge < -0.3 is 14.8 Å². The van der Waals surface area contributed by atoms with Crippen LogP contribution < -0.4 is 10.1 Å². The van der Waals surface area contributed by atoms with Gasteiger partial charge in [-0.25, -0.2) is 4.79 Å². The Morgan fingerprint density at radius 3 is 2.96 bits per heavy atom. The zero-order valence-corrected chi connectivity index (χ0v) is 14.1. The van der Waals surface area contributed by atoms with Crippen molar-refractivity contribution in [1.82, 2.24) is 4.98 Å². The molecule has 7 heteroatoms. The monoisotopic (exact) mass is 346 g/mol. The van der Waals surface area contributed by atoms with Crippen LogP contribution in [0, 0.1) is 0 Å². The highest BCUT2D eigenvalue weighted by Crippen LogP contribution is 2.28. The minimum atomic E-state index is -0.476. The number of thiophene rings is 1. The standard InChI is InChI=1S/C17H18N2O4S/c1-22-17(21)12-7-9-24-16(12)19-15(20)10-23-14-6-8-18-13-5-3-2-4-11(13)14/h6-9H,2-5,10H2,1H3,(H,19,20). The summed E-state index contributed by atoms with van der Waals surface area (Å²) in [5.74, 6) is -0.0751. The van der Waals surface area contributed by atoms with Gasteiger partial charge in [-0.05, 0) is 43.2 Å². The summed E-state index contributed by atoms with van der Waals surface area (Å²) in [5, 5.41) is 4.88. The van der Waals surface area contributed by atoms with Crippen molar-refractivity contribution < 1.29 is 19.1 Å². The molecule has 2 heterocycles. The lowest BCUT2D eigenvalue weighted by molar-refractivity contribution is -0.118. The molecule has 0 aliphatic heterocycles. The van der Waals surface area contributed by atoms with Gasteiger partial charge in [0.25, 0.3) is 5.91 Å². The van der Waals surface area contributed by atoms with Crippen LogP contribution in [0.25, 0.3) is 0 Å². The first kappa shape index (κ1) is 16.4. The Morgan fingerprint density at radius 1 is 1.29 bits per heavy atom. The van der Waals surface area contributed by atoms with E-state index in [4.69, 9.17) is 4.74 Å². The molecule has 0 fully saturated rings. The van der Waals surface area contributed by atoms with E-state index in [0.29, 0.717) is 16.3 Å². The Bertz CT molecular complexity index is 757. The number of nitrogens with zero attached hydrogens (tertiary/aromatic N) is 1. The molecule has 1 aliphatic carbocycles. The van der Waals surface area contributed by atoms with Crippen LogP contribution in [0.5, 0.6) is 5.75 Å². The summed E-state index contributed by atoms with van der Waals surface area (Å²) in [6.45, 7) is -0.116. The third kappa shape index (κ3) is 3.56. The molecule has 2 aromatic rings. The van der Waals surface area contributed by atoms with Gasteiger partial charge in [0.2, 0.25) is 0 Å². The lowest BCUT2D eigenvalue weighted by atomic mass is 9.95. The predicted octanol–water partition coefficient (Wildman–Crippen LogP) is 2.83. The van der Waals surface area contributed by atoms with Crippen molar-refractivity contribution in [2.24, 2.45) is 0 Å². The summed E-state index contributed by atoms with van der Waals surface area (Å²) < 4.78 is 10.4. The van der Waals surface area contributed by atoms with Crippen LogP contribution in [0.3, 0.4) is 0 Å². The zero-order chi connectivity index (χ0) is 16.9. The van der Waals surface area contributed by atoms with Crippen molar-refractivity contribution in [3.05, 3.63) is 40.5 Å². The van der Waals surface area contributed by atoms with Gasteiger partial charge in [0.1, 0.15) is 10.8 Å². The molecule has 2 aromatic heterocycles. The number of nitrogens with one attached hydrogen (secondary N) is 1. The van der Waals surface area contributed by atoms with Crippen LogP contribution in [0.2, 0.25) is 0 Å². The van der Waals surface area contributed by atoms with Crippen molar-refractivity contribution in [1.29, 1.82) is 0 Å². The molecule has 1 amide bonds. The van der Waals surface area contributed by atoms with Crippen molar-refractivity contribution in [2.75, 3.05) is 19.0 Å². The molecule has 0 atom stereocenters. The number of aromatic nitrogens is 1. The molecular weight excluding hydrogens is 328 g/mol. The van der Waals surface area contributed by atoms with E-state index in [2.05, 4.69) is 15.0 Å².